The van der Waals surface area contributed by atoms with Gasteiger partial charge in [-0.25, -0.2) is 4.98 Å². The molecular weight excluding hydrogens is 428 g/mol. The number of piperidine rings is 1. The van der Waals surface area contributed by atoms with Crippen LogP contribution in [0.1, 0.15) is 6.42 Å². The monoisotopic (exact) mass is 460 g/mol. The minimum atomic E-state index is 0.0673. The summed E-state index contributed by atoms with van der Waals surface area (Å²) in [4.78, 5) is 22.0. The first-order valence-electron chi connectivity index (χ1n) is 11.9. The third kappa shape index (κ3) is 4.28. The number of nitrogens with zero attached hydrogens (tertiary/aromatic N) is 3. The molecule has 0 aliphatic carbocycles. The fraction of sp³-hybridized carbons (Fsp3) is 0.407. The number of benzene rings is 2. The number of likely N-dealkylation sites (N-methyl/N-ethyl adjacent to an activating group) is 1. The highest BCUT2D eigenvalue weighted by Gasteiger charge is 2.42. The molecule has 3 aromatic rings. The van der Waals surface area contributed by atoms with Gasteiger partial charge in [0.05, 0.1) is 24.2 Å². The van der Waals surface area contributed by atoms with E-state index in [0.29, 0.717) is 12.5 Å². The van der Waals surface area contributed by atoms with Gasteiger partial charge in [-0.2, -0.15) is 0 Å². The predicted octanol–water partition coefficient (Wildman–Crippen LogP) is 3.42. The van der Waals surface area contributed by atoms with E-state index >= 15 is 0 Å². The molecule has 2 aliphatic rings. The minimum absolute atomic E-state index is 0.0673. The van der Waals surface area contributed by atoms with Gasteiger partial charge >= 0.3 is 0 Å². The van der Waals surface area contributed by atoms with E-state index in [2.05, 4.69) is 34.5 Å². The van der Waals surface area contributed by atoms with E-state index in [1.54, 1.807) is 7.11 Å². The topological polar surface area (TPSA) is 66.9 Å². The summed E-state index contributed by atoms with van der Waals surface area (Å²) < 4.78 is 11.2. The number of aromatic nitrogens is 1. The normalized spacial score (nSPS) is 20.0. The number of ether oxygens (including phenoxy) is 2. The Morgan fingerprint density at radius 3 is 2.65 bits per heavy atom. The molecule has 0 saturated carbocycles. The number of methoxy groups -OCH3 is 1. The van der Waals surface area contributed by atoms with Gasteiger partial charge < -0.3 is 24.6 Å². The maximum absolute atomic E-state index is 12.8. The fourth-order valence-electron chi connectivity index (χ4n) is 5.11. The molecule has 1 aromatic heterocycles. The summed E-state index contributed by atoms with van der Waals surface area (Å²) >= 11 is 0. The number of hydrogen-bond donors (Lipinski definition) is 1. The summed E-state index contributed by atoms with van der Waals surface area (Å²) in [7, 11) is 5.50. The molecule has 0 spiro atoms. The SMILES string of the molecule is CNCCOc1ccc(-c2cc(N3C[C@@H]4CCN(C)C(=O)[C@@H]4C3)c3ccc(OC)cc3n2)cc1. The van der Waals surface area contributed by atoms with Gasteiger partial charge in [0.15, 0.2) is 0 Å². The number of nitrogens with one attached hydrogen (secondary N) is 1. The first-order valence-corrected chi connectivity index (χ1v) is 11.9. The zero-order valence-electron chi connectivity index (χ0n) is 20.1. The van der Waals surface area contributed by atoms with Gasteiger partial charge in [-0.1, -0.05) is 0 Å². The number of carbonyl (C=O) groups excluding carboxylic acids is 1. The third-order valence-corrected chi connectivity index (χ3v) is 7.08. The number of pyridine rings is 1. The molecule has 0 radical (unpaired) electrons. The van der Waals surface area contributed by atoms with Gasteiger partial charge in [0.1, 0.15) is 18.1 Å². The van der Waals surface area contributed by atoms with E-state index < -0.39 is 0 Å². The van der Waals surface area contributed by atoms with Crippen LogP contribution >= 0.6 is 0 Å². The number of fused-ring (bicyclic) bond motifs is 2. The molecular formula is C27H32N4O3. The molecule has 7 heteroatoms. The number of rotatable bonds is 7. The van der Waals surface area contributed by atoms with Crippen molar-refractivity contribution in [3.63, 3.8) is 0 Å². The first-order chi connectivity index (χ1) is 16.6. The Hall–Kier alpha value is -3.32. The van der Waals surface area contributed by atoms with Crippen LogP contribution in [0.5, 0.6) is 11.5 Å². The largest absolute Gasteiger partial charge is 0.497 e. The zero-order valence-corrected chi connectivity index (χ0v) is 20.1. The van der Waals surface area contributed by atoms with Crippen molar-refractivity contribution >= 4 is 22.5 Å². The summed E-state index contributed by atoms with van der Waals surface area (Å²) in [5.41, 5.74) is 3.94. The van der Waals surface area contributed by atoms with Crippen LogP contribution in [0.15, 0.2) is 48.5 Å². The molecule has 2 fully saturated rings. The van der Waals surface area contributed by atoms with Crippen LogP contribution in [0.3, 0.4) is 0 Å². The van der Waals surface area contributed by atoms with Crippen molar-refractivity contribution in [2.75, 3.05) is 58.9 Å². The van der Waals surface area contributed by atoms with Crippen molar-refractivity contribution in [1.82, 2.24) is 15.2 Å². The molecule has 7 nitrogen and oxygen atoms in total. The molecule has 1 N–H and O–H groups in total. The Kier molecular flexibility index (Phi) is 6.28. The van der Waals surface area contributed by atoms with Crippen LogP contribution in [0.2, 0.25) is 0 Å². The number of likely N-dealkylation sites (tertiary alicyclic amines) is 1. The lowest BCUT2D eigenvalue weighted by Gasteiger charge is -2.30. The second kappa shape index (κ2) is 9.50. The van der Waals surface area contributed by atoms with Crippen molar-refractivity contribution in [3.05, 3.63) is 48.5 Å². The molecule has 2 aromatic carbocycles. The minimum Gasteiger partial charge on any atom is -0.497 e. The van der Waals surface area contributed by atoms with E-state index in [-0.39, 0.29) is 11.8 Å². The van der Waals surface area contributed by atoms with Crippen molar-refractivity contribution in [2.24, 2.45) is 11.8 Å². The van der Waals surface area contributed by atoms with E-state index in [1.165, 1.54) is 0 Å². The quantitative estimate of drug-likeness (QED) is 0.545. The number of hydrogen-bond acceptors (Lipinski definition) is 6. The van der Waals surface area contributed by atoms with E-state index in [0.717, 1.165) is 71.9 Å². The lowest BCUT2D eigenvalue weighted by Crippen LogP contribution is -2.42. The Morgan fingerprint density at radius 2 is 1.88 bits per heavy atom. The van der Waals surface area contributed by atoms with E-state index in [9.17, 15) is 4.79 Å². The standard InChI is InChI=1S/C27H32N4O3/c1-28-11-13-34-20-6-4-18(5-7-20)24-15-26(22-9-8-21(33-3)14-25(22)29-24)31-16-19-10-12-30(2)27(32)23(19)17-31/h4-9,14-15,19,23,28H,10-13,16-17H2,1-3H3/t19-,23+/m0/s1. The zero-order chi connectivity index (χ0) is 23.7. The maximum Gasteiger partial charge on any atom is 0.227 e. The first kappa shape index (κ1) is 22.5. The molecule has 2 aliphatic heterocycles. The molecule has 2 saturated heterocycles. The number of amides is 1. The van der Waals surface area contributed by atoms with Crippen LogP contribution in [0, 0.1) is 11.8 Å². The molecule has 178 valence electrons. The van der Waals surface area contributed by atoms with E-state index in [1.807, 2.05) is 43.3 Å². The summed E-state index contributed by atoms with van der Waals surface area (Å²) in [6.45, 7) is 3.91. The van der Waals surface area contributed by atoms with Crippen LogP contribution in [-0.2, 0) is 4.79 Å². The second-order valence-electron chi connectivity index (χ2n) is 9.21. The molecule has 0 bridgehead atoms. The van der Waals surface area contributed by atoms with Crippen molar-refractivity contribution in [1.29, 1.82) is 0 Å². The average molecular weight is 461 g/mol. The van der Waals surface area contributed by atoms with Gasteiger partial charge in [-0.05, 0) is 61.9 Å². The molecule has 1 amide bonds. The average Bonchev–Trinajstić information content (AvgIpc) is 3.31. The second-order valence-corrected chi connectivity index (χ2v) is 9.21. The Morgan fingerprint density at radius 1 is 1.09 bits per heavy atom. The van der Waals surface area contributed by atoms with Crippen LogP contribution in [0.4, 0.5) is 5.69 Å². The highest BCUT2D eigenvalue weighted by Crippen LogP contribution is 2.39. The third-order valence-electron chi connectivity index (χ3n) is 7.08. The lowest BCUT2D eigenvalue weighted by atomic mass is 9.88. The summed E-state index contributed by atoms with van der Waals surface area (Å²) in [5.74, 6) is 2.37. The van der Waals surface area contributed by atoms with Crippen molar-refractivity contribution in [3.8, 4) is 22.8 Å². The van der Waals surface area contributed by atoms with Gasteiger partial charge in [0.2, 0.25) is 5.91 Å². The van der Waals surface area contributed by atoms with Gasteiger partial charge in [0, 0.05) is 55.9 Å². The molecule has 3 heterocycles. The highest BCUT2D eigenvalue weighted by molar-refractivity contribution is 5.95. The number of carbonyl (C=O) groups is 1. The summed E-state index contributed by atoms with van der Waals surface area (Å²) in [5, 5.41) is 4.16. The Bertz CT molecular complexity index is 1180. The van der Waals surface area contributed by atoms with Gasteiger partial charge in [-0.15, -0.1) is 0 Å². The maximum atomic E-state index is 12.8. The fourth-order valence-corrected chi connectivity index (χ4v) is 5.11. The summed E-state index contributed by atoms with van der Waals surface area (Å²) in [6.07, 6.45) is 1.06. The molecule has 34 heavy (non-hydrogen) atoms. The number of anilines is 1. The Labute approximate surface area is 200 Å². The highest BCUT2D eigenvalue weighted by atomic mass is 16.5. The van der Waals surface area contributed by atoms with Crippen molar-refractivity contribution < 1.29 is 14.3 Å². The Balaban J connectivity index is 1.51. The van der Waals surface area contributed by atoms with Crippen LogP contribution < -0.4 is 19.7 Å². The predicted molar refractivity (Wildman–Crippen MR) is 135 cm³/mol. The molecule has 0 unspecified atom stereocenters. The van der Waals surface area contributed by atoms with Crippen molar-refractivity contribution in [2.45, 2.75) is 6.42 Å². The lowest BCUT2D eigenvalue weighted by molar-refractivity contribution is -0.137. The smallest absolute Gasteiger partial charge is 0.227 e. The van der Waals surface area contributed by atoms with Gasteiger partial charge in [-0.3, -0.25) is 4.79 Å². The van der Waals surface area contributed by atoms with Crippen LogP contribution in [0.25, 0.3) is 22.2 Å². The van der Waals surface area contributed by atoms with Gasteiger partial charge in [0.25, 0.3) is 0 Å². The van der Waals surface area contributed by atoms with Crippen LogP contribution in [-0.4, -0.2) is 69.8 Å². The molecule has 5 rings (SSSR count). The van der Waals surface area contributed by atoms with E-state index in [4.69, 9.17) is 14.5 Å². The summed E-state index contributed by atoms with van der Waals surface area (Å²) in [6, 6.07) is 16.3. The molecule has 2 atom stereocenters.